The maximum absolute atomic E-state index is 11.7. The van der Waals surface area contributed by atoms with Crippen LogP contribution in [0.4, 0.5) is 0 Å². The number of ether oxygens (including phenoxy) is 2. The summed E-state index contributed by atoms with van der Waals surface area (Å²) in [4.78, 5) is 46.2. The van der Waals surface area contributed by atoms with E-state index in [1.54, 1.807) is 27.7 Å². The second-order valence-electron chi connectivity index (χ2n) is 6.22. The van der Waals surface area contributed by atoms with Gasteiger partial charge in [0.05, 0.1) is 0 Å². The van der Waals surface area contributed by atoms with Crippen molar-refractivity contribution in [3.8, 4) is 0 Å². The highest BCUT2D eigenvalue weighted by molar-refractivity contribution is 5.91. The summed E-state index contributed by atoms with van der Waals surface area (Å²) in [6, 6.07) is -3.07. The van der Waals surface area contributed by atoms with Gasteiger partial charge >= 0.3 is 23.9 Å². The molecule has 9 nitrogen and oxygen atoms in total. The summed E-state index contributed by atoms with van der Waals surface area (Å²) in [7, 11) is 0. The van der Waals surface area contributed by atoms with E-state index < -0.39 is 42.0 Å². The van der Waals surface area contributed by atoms with E-state index in [0.29, 0.717) is 0 Å². The molecule has 0 spiro atoms. The molecule has 0 aliphatic carbocycles. The average molecular weight is 345 g/mol. The molecule has 24 heavy (non-hydrogen) atoms. The third-order valence-corrected chi connectivity index (χ3v) is 3.36. The molecule has 0 saturated carbocycles. The summed E-state index contributed by atoms with van der Waals surface area (Å²) in [5.41, 5.74) is 16.6. The van der Waals surface area contributed by atoms with Crippen molar-refractivity contribution in [1.82, 2.24) is 0 Å². The van der Waals surface area contributed by atoms with Gasteiger partial charge < -0.3 is 26.7 Å². The first-order valence-electron chi connectivity index (χ1n) is 7.74. The van der Waals surface area contributed by atoms with Gasteiger partial charge in [-0.15, -0.1) is 0 Å². The summed E-state index contributed by atoms with van der Waals surface area (Å²) < 4.78 is 9.11. The lowest BCUT2D eigenvalue weighted by molar-refractivity contribution is -0.162. The predicted molar refractivity (Wildman–Crippen MR) is 85.0 cm³/mol. The van der Waals surface area contributed by atoms with Crippen molar-refractivity contribution >= 4 is 23.9 Å². The third-order valence-electron chi connectivity index (χ3n) is 3.36. The van der Waals surface area contributed by atoms with Crippen LogP contribution in [0.25, 0.3) is 0 Å². The molecule has 0 unspecified atom stereocenters. The van der Waals surface area contributed by atoms with Crippen LogP contribution in [0.1, 0.15) is 40.5 Å². The number of rotatable bonds is 8. The van der Waals surface area contributed by atoms with E-state index >= 15 is 0 Å². The van der Waals surface area contributed by atoms with Crippen LogP contribution in [0.2, 0.25) is 0 Å². The van der Waals surface area contributed by atoms with Crippen molar-refractivity contribution in [2.75, 3.05) is 0 Å². The highest BCUT2D eigenvalue weighted by atomic mass is 16.6. The average Bonchev–Trinajstić information content (AvgIpc) is 2.50. The molecule has 138 valence electrons. The van der Waals surface area contributed by atoms with Crippen LogP contribution >= 0.6 is 0 Å². The summed E-state index contributed by atoms with van der Waals surface area (Å²) in [5.74, 6) is -3.96. The van der Waals surface area contributed by atoms with Gasteiger partial charge in [-0.2, -0.15) is 0 Å². The SMILES string of the molecule is CC(C)[C@H](N)C(=O)OC(=O)CC[C@H](N)C(=O)OC(=O)[C@@H](N)C(C)C. The molecular weight excluding hydrogens is 318 g/mol. The van der Waals surface area contributed by atoms with Gasteiger partial charge in [0.15, 0.2) is 0 Å². The monoisotopic (exact) mass is 345 g/mol. The molecule has 0 aliphatic heterocycles. The maximum atomic E-state index is 11.7. The Kier molecular flexibility index (Phi) is 9.34. The molecule has 0 bridgehead atoms. The van der Waals surface area contributed by atoms with Gasteiger partial charge in [-0.25, -0.2) is 14.4 Å². The van der Waals surface area contributed by atoms with Crippen LogP contribution in [-0.2, 0) is 28.7 Å². The largest absolute Gasteiger partial charge is 0.392 e. The van der Waals surface area contributed by atoms with E-state index in [2.05, 4.69) is 9.47 Å². The first kappa shape index (κ1) is 22.2. The van der Waals surface area contributed by atoms with E-state index in [1.165, 1.54) is 0 Å². The van der Waals surface area contributed by atoms with Gasteiger partial charge in [0, 0.05) is 6.42 Å². The van der Waals surface area contributed by atoms with Crippen LogP contribution in [0.3, 0.4) is 0 Å². The van der Waals surface area contributed by atoms with Gasteiger partial charge in [0.2, 0.25) is 0 Å². The smallest absolute Gasteiger partial charge is 0.330 e. The molecule has 0 amide bonds. The topological polar surface area (TPSA) is 165 Å². The molecule has 0 saturated heterocycles. The molecule has 0 aromatic carbocycles. The molecule has 3 atom stereocenters. The van der Waals surface area contributed by atoms with E-state index in [0.717, 1.165) is 0 Å². The fourth-order valence-corrected chi connectivity index (χ4v) is 1.41. The lowest BCUT2D eigenvalue weighted by Crippen LogP contribution is -2.42. The molecule has 0 rings (SSSR count). The second-order valence-corrected chi connectivity index (χ2v) is 6.22. The maximum Gasteiger partial charge on any atom is 0.330 e. The number of hydrogen-bond acceptors (Lipinski definition) is 9. The van der Waals surface area contributed by atoms with Gasteiger partial charge in [0.25, 0.3) is 0 Å². The highest BCUT2D eigenvalue weighted by Gasteiger charge is 2.26. The van der Waals surface area contributed by atoms with Crippen LogP contribution in [0.15, 0.2) is 0 Å². The van der Waals surface area contributed by atoms with Gasteiger partial charge in [-0.05, 0) is 18.3 Å². The Labute approximate surface area is 141 Å². The van der Waals surface area contributed by atoms with Gasteiger partial charge in [-0.1, -0.05) is 27.7 Å². The van der Waals surface area contributed by atoms with Gasteiger partial charge in [0.1, 0.15) is 18.1 Å². The standard InChI is InChI=1S/C15H27N3O6/c1-7(2)11(17)14(21)23-10(19)6-5-9(16)13(20)24-15(22)12(18)8(3)4/h7-9,11-12H,5-6,16-18H2,1-4H3/t9-,11-,12-/m0/s1. The number of carbonyl (C=O) groups excluding carboxylic acids is 4. The highest BCUT2D eigenvalue weighted by Crippen LogP contribution is 2.06. The van der Waals surface area contributed by atoms with Gasteiger partial charge in [-0.3, -0.25) is 4.79 Å². The van der Waals surface area contributed by atoms with Crippen LogP contribution in [0.5, 0.6) is 0 Å². The first-order valence-corrected chi connectivity index (χ1v) is 7.74. The lowest BCUT2D eigenvalue weighted by Gasteiger charge is -2.16. The Morgan fingerprint density at radius 2 is 1.17 bits per heavy atom. The molecule has 0 radical (unpaired) electrons. The summed E-state index contributed by atoms with van der Waals surface area (Å²) in [6.45, 7) is 6.82. The van der Waals surface area contributed by atoms with Crippen molar-refractivity contribution in [1.29, 1.82) is 0 Å². The summed E-state index contributed by atoms with van der Waals surface area (Å²) >= 11 is 0. The van der Waals surface area contributed by atoms with E-state index in [9.17, 15) is 19.2 Å². The van der Waals surface area contributed by atoms with Crippen LogP contribution < -0.4 is 17.2 Å². The summed E-state index contributed by atoms with van der Waals surface area (Å²) in [6.07, 6.45) is -0.441. The Hall–Kier alpha value is -1.84. The molecule has 0 aliphatic rings. The minimum atomic E-state index is -1.21. The Bertz CT molecular complexity index is 478. The Balaban J connectivity index is 4.31. The quantitative estimate of drug-likeness (QED) is 0.377. The van der Waals surface area contributed by atoms with Crippen molar-refractivity contribution in [2.24, 2.45) is 29.0 Å². The minimum Gasteiger partial charge on any atom is -0.392 e. The Morgan fingerprint density at radius 1 is 0.750 bits per heavy atom. The first-order chi connectivity index (χ1) is 11.0. The molecule has 9 heteroatoms. The lowest BCUT2D eigenvalue weighted by atomic mass is 10.1. The molecule has 0 aromatic rings. The third kappa shape index (κ3) is 7.62. The van der Waals surface area contributed by atoms with E-state index in [4.69, 9.17) is 17.2 Å². The number of carbonyl (C=O) groups is 4. The zero-order valence-corrected chi connectivity index (χ0v) is 14.5. The van der Waals surface area contributed by atoms with Crippen molar-refractivity contribution in [2.45, 2.75) is 58.7 Å². The zero-order valence-electron chi connectivity index (χ0n) is 14.5. The Morgan fingerprint density at radius 3 is 1.58 bits per heavy atom. The normalized spacial score (nSPS) is 14.9. The molecule has 6 N–H and O–H groups in total. The number of hydrogen-bond donors (Lipinski definition) is 3. The van der Waals surface area contributed by atoms with Crippen LogP contribution in [0, 0.1) is 11.8 Å². The van der Waals surface area contributed by atoms with Crippen molar-refractivity contribution < 1.29 is 28.7 Å². The predicted octanol–water partition coefficient (Wildman–Crippen LogP) is -0.800. The molecule has 0 aromatic heterocycles. The van der Waals surface area contributed by atoms with Crippen LogP contribution in [-0.4, -0.2) is 42.0 Å². The van der Waals surface area contributed by atoms with E-state index in [1.807, 2.05) is 0 Å². The summed E-state index contributed by atoms with van der Waals surface area (Å²) in [5, 5.41) is 0. The molecular formula is C15H27N3O6. The van der Waals surface area contributed by atoms with E-state index in [-0.39, 0.29) is 24.7 Å². The van der Waals surface area contributed by atoms with Crippen molar-refractivity contribution in [3.63, 3.8) is 0 Å². The fraction of sp³-hybridized carbons (Fsp3) is 0.733. The zero-order chi connectivity index (χ0) is 19.0. The number of esters is 4. The number of nitrogens with two attached hydrogens (primary N) is 3. The van der Waals surface area contributed by atoms with Crippen molar-refractivity contribution in [3.05, 3.63) is 0 Å². The minimum absolute atomic E-state index is 0.147. The fourth-order valence-electron chi connectivity index (χ4n) is 1.41. The molecule has 0 heterocycles. The molecule has 0 fully saturated rings. The second kappa shape index (κ2) is 10.1.